The molecule has 0 amide bonds. The molecule has 0 N–H and O–H groups in total. The molecule has 1 heteroatoms. The smallest absolute Gasteiger partial charge is 0.0643 e. The third-order valence-electron chi connectivity index (χ3n) is 2.31. The number of hydrogen-bond donors (Lipinski definition) is 0. The van der Waals surface area contributed by atoms with E-state index in [-0.39, 0.29) is 0 Å². The van der Waals surface area contributed by atoms with Gasteiger partial charge in [0.15, 0.2) is 0 Å². The molecule has 15 heavy (non-hydrogen) atoms. The van der Waals surface area contributed by atoms with Gasteiger partial charge in [-0.2, -0.15) is 0 Å². The second kappa shape index (κ2) is 6.99. The molecule has 80 valence electrons. The van der Waals surface area contributed by atoms with Crippen molar-refractivity contribution in [3.05, 3.63) is 48.1 Å². The zero-order valence-corrected chi connectivity index (χ0v) is 9.61. The lowest BCUT2D eigenvalue weighted by Gasteiger charge is -2.03. The predicted molar refractivity (Wildman–Crippen MR) is 68.4 cm³/mol. The summed E-state index contributed by atoms with van der Waals surface area (Å²) in [4.78, 5) is 4.22. The van der Waals surface area contributed by atoms with Crippen molar-refractivity contribution >= 4 is 5.71 Å². The molecule has 0 atom stereocenters. The Morgan fingerprint density at radius 3 is 2.80 bits per heavy atom. The highest BCUT2D eigenvalue weighted by Crippen LogP contribution is 2.08. The maximum Gasteiger partial charge on any atom is 0.0643 e. The summed E-state index contributed by atoms with van der Waals surface area (Å²) in [6, 6.07) is 0. The molecule has 0 fully saturated rings. The van der Waals surface area contributed by atoms with Gasteiger partial charge in [0.2, 0.25) is 0 Å². The molecule has 0 spiro atoms. The second-order valence-corrected chi connectivity index (χ2v) is 3.52. The summed E-state index contributed by atoms with van der Waals surface area (Å²) in [5, 5.41) is 0. The Hall–Kier alpha value is -1.37. The molecule has 0 heterocycles. The SMILES string of the molecule is CCCC/C=C/C=C1/C=CC=CC1=NC. The van der Waals surface area contributed by atoms with E-state index in [0.29, 0.717) is 0 Å². The van der Waals surface area contributed by atoms with Crippen LogP contribution in [0.3, 0.4) is 0 Å². The average Bonchev–Trinajstić information content (AvgIpc) is 2.29. The van der Waals surface area contributed by atoms with Gasteiger partial charge in [-0.25, -0.2) is 0 Å². The molecule has 0 aromatic heterocycles. The highest BCUT2D eigenvalue weighted by atomic mass is 14.7. The highest BCUT2D eigenvalue weighted by molar-refractivity contribution is 6.11. The summed E-state index contributed by atoms with van der Waals surface area (Å²) >= 11 is 0. The van der Waals surface area contributed by atoms with Gasteiger partial charge in [0.1, 0.15) is 0 Å². The molecular weight excluding hydrogens is 182 g/mol. The number of hydrogen-bond acceptors (Lipinski definition) is 1. The topological polar surface area (TPSA) is 12.4 Å². The van der Waals surface area contributed by atoms with Crippen molar-refractivity contribution in [3.8, 4) is 0 Å². The summed E-state index contributed by atoms with van der Waals surface area (Å²) < 4.78 is 0. The van der Waals surface area contributed by atoms with E-state index in [1.54, 1.807) is 0 Å². The van der Waals surface area contributed by atoms with Crippen molar-refractivity contribution in [3.63, 3.8) is 0 Å². The van der Waals surface area contributed by atoms with Crippen LogP contribution in [0.15, 0.2) is 53.1 Å². The van der Waals surface area contributed by atoms with Crippen LogP contribution >= 0.6 is 0 Å². The normalized spacial score (nSPS) is 20.9. The van der Waals surface area contributed by atoms with E-state index < -0.39 is 0 Å². The Balaban J connectivity index is 2.55. The predicted octanol–water partition coefficient (Wildman–Crippen LogP) is 3.86. The van der Waals surface area contributed by atoms with Crippen LogP contribution in [-0.4, -0.2) is 12.8 Å². The van der Waals surface area contributed by atoms with Crippen molar-refractivity contribution in [2.24, 2.45) is 4.99 Å². The van der Waals surface area contributed by atoms with E-state index >= 15 is 0 Å². The molecule has 0 unspecified atom stereocenters. The van der Waals surface area contributed by atoms with Crippen molar-refractivity contribution < 1.29 is 0 Å². The van der Waals surface area contributed by atoms with Crippen LogP contribution in [0.1, 0.15) is 26.2 Å². The molecule has 0 saturated carbocycles. The van der Waals surface area contributed by atoms with Crippen LogP contribution in [0.5, 0.6) is 0 Å². The van der Waals surface area contributed by atoms with Crippen molar-refractivity contribution in [1.29, 1.82) is 0 Å². The van der Waals surface area contributed by atoms with Crippen LogP contribution < -0.4 is 0 Å². The summed E-state index contributed by atoms with van der Waals surface area (Å²) in [5.74, 6) is 0. The molecule has 0 aromatic carbocycles. The minimum absolute atomic E-state index is 1.05. The Kier molecular flexibility index (Phi) is 5.46. The average molecular weight is 201 g/mol. The van der Waals surface area contributed by atoms with E-state index in [0.717, 1.165) is 5.71 Å². The van der Waals surface area contributed by atoms with Gasteiger partial charge in [-0.05, 0) is 18.1 Å². The lowest BCUT2D eigenvalue weighted by molar-refractivity contribution is 0.815. The highest BCUT2D eigenvalue weighted by Gasteiger charge is 2.00. The first kappa shape index (κ1) is 11.7. The first-order valence-corrected chi connectivity index (χ1v) is 5.57. The minimum atomic E-state index is 1.05. The maximum absolute atomic E-state index is 4.22. The fourth-order valence-electron chi connectivity index (χ4n) is 1.42. The van der Waals surface area contributed by atoms with Gasteiger partial charge in [0.05, 0.1) is 5.71 Å². The third kappa shape index (κ3) is 4.11. The number of rotatable bonds is 4. The van der Waals surface area contributed by atoms with E-state index in [9.17, 15) is 0 Å². The van der Waals surface area contributed by atoms with Gasteiger partial charge in [-0.15, -0.1) is 0 Å². The Morgan fingerprint density at radius 1 is 1.27 bits per heavy atom. The molecule has 0 aliphatic heterocycles. The fourth-order valence-corrected chi connectivity index (χ4v) is 1.42. The Bertz CT molecular complexity index is 327. The van der Waals surface area contributed by atoms with Crippen LogP contribution in [0, 0.1) is 0 Å². The number of unbranched alkanes of at least 4 members (excludes halogenated alkanes) is 2. The number of allylic oxidation sites excluding steroid dienone is 8. The van der Waals surface area contributed by atoms with Crippen LogP contribution in [0.2, 0.25) is 0 Å². The molecular formula is C14H19N. The van der Waals surface area contributed by atoms with Gasteiger partial charge in [0, 0.05) is 7.05 Å². The lowest BCUT2D eigenvalue weighted by atomic mass is 10.0. The molecule has 0 radical (unpaired) electrons. The first-order chi connectivity index (χ1) is 7.38. The fraction of sp³-hybridized carbons (Fsp3) is 0.357. The molecule has 1 nitrogen and oxygen atoms in total. The van der Waals surface area contributed by atoms with Gasteiger partial charge in [-0.1, -0.05) is 56.2 Å². The quantitative estimate of drug-likeness (QED) is 0.612. The minimum Gasteiger partial charge on any atom is -0.288 e. The molecule has 0 saturated heterocycles. The largest absolute Gasteiger partial charge is 0.288 e. The monoisotopic (exact) mass is 201 g/mol. The Morgan fingerprint density at radius 2 is 2.07 bits per heavy atom. The van der Waals surface area contributed by atoms with Gasteiger partial charge in [-0.3, -0.25) is 4.99 Å². The number of nitrogens with zero attached hydrogens (tertiary/aromatic N) is 1. The molecule has 0 bridgehead atoms. The van der Waals surface area contributed by atoms with E-state index in [2.05, 4.69) is 36.2 Å². The molecule has 1 aliphatic rings. The maximum atomic E-state index is 4.22. The van der Waals surface area contributed by atoms with Crippen molar-refractivity contribution in [2.75, 3.05) is 7.05 Å². The second-order valence-electron chi connectivity index (χ2n) is 3.52. The number of aliphatic imine (C=N–C) groups is 1. The zero-order valence-electron chi connectivity index (χ0n) is 9.61. The molecule has 1 aliphatic carbocycles. The molecule has 1 rings (SSSR count). The van der Waals surface area contributed by atoms with Crippen LogP contribution in [0.25, 0.3) is 0 Å². The third-order valence-corrected chi connectivity index (χ3v) is 2.31. The van der Waals surface area contributed by atoms with E-state index in [4.69, 9.17) is 0 Å². The van der Waals surface area contributed by atoms with Crippen molar-refractivity contribution in [1.82, 2.24) is 0 Å². The van der Waals surface area contributed by atoms with E-state index in [1.807, 2.05) is 25.3 Å². The summed E-state index contributed by atoms with van der Waals surface area (Å²) in [5.41, 5.74) is 2.24. The summed E-state index contributed by atoms with van der Waals surface area (Å²) in [6.07, 6.45) is 18.3. The zero-order chi connectivity index (χ0) is 10.9. The van der Waals surface area contributed by atoms with Gasteiger partial charge < -0.3 is 0 Å². The van der Waals surface area contributed by atoms with Crippen LogP contribution in [0.4, 0.5) is 0 Å². The van der Waals surface area contributed by atoms with Crippen molar-refractivity contribution in [2.45, 2.75) is 26.2 Å². The van der Waals surface area contributed by atoms with E-state index in [1.165, 1.54) is 24.8 Å². The summed E-state index contributed by atoms with van der Waals surface area (Å²) in [7, 11) is 1.83. The molecule has 0 aromatic rings. The standard InChI is InChI=1S/C14H19N/c1-3-4-5-6-7-10-13-11-8-9-12-14(13)15-2/h6-12H,3-5H2,1-2H3/b7-6+,13-10-,15-14?. The lowest BCUT2D eigenvalue weighted by Crippen LogP contribution is -1.98. The Labute approximate surface area is 92.6 Å². The van der Waals surface area contributed by atoms with Gasteiger partial charge in [0.25, 0.3) is 0 Å². The first-order valence-electron chi connectivity index (χ1n) is 5.57. The summed E-state index contributed by atoms with van der Waals surface area (Å²) in [6.45, 7) is 2.21. The van der Waals surface area contributed by atoms with Gasteiger partial charge >= 0.3 is 0 Å². The van der Waals surface area contributed by atoms with Crippen LogP contribution in [-0.2, 0) is 0 Å².